The molecule has 3 aliphatic rings. The van der Waals surface area contributed by atoms with Gasteiger partial charge in [0.15, 0.2) is 0 Å². The Labute approximate surface area is 194 Å². The Balaban J connectivity index is 1.24. The summed E-state index contributed by atoms with van der Waals surface area (Å²) in [7, 11) is 0. The van der Waals surface area contributed by atoms with Gasteiger partial charge in [0.05, 0.1) is 11.8 Å². The maximum absolute atomic E-state index is 13.5. The lowest BCUT2D eigenvalue weighted by molar-refractivity contribution is -0.138. The second-order valence-corrected chi connectivity index (χ2v) is 9.09. The van der Waals surface area contributed by atoms with Crippen LogP contribution in [0.15, 0.2) is 48.5 Å². The van der Waals surface area contributed by atoms with E-state index in [-0.39, 0.29) is 38.5 Å². The largest absolute Gasteiger partial charge is 0.481 e. The average Bonchev–Trinajstić information content (AvgIpc) is 3.19. The van der Waals surface area contributed by atoms with Crippen LogP contribution in [0.5, 0.6) is 0 Å². The number of carbonyl (C=O) groups is 3. The lowest BCUT2D eigenvalue weighted by Gasteiger charge is -2.26. The normalized spacial score (nSPS) is 22.4. The van der Waals surface area contributed by atoms with Crippen molar-refractivity contribution >= 4 is 18.0 Å². The fourth-order valence-electron chi connectivity index (χ4n) is 5.22. The number of aliphatic carboxylic acids is 1. The van der Waals surface area contributed by atoms with Crippen LogP contribution in [0, 0.1) is 11.8 Å². The number of carbonyl (C=O) groups excluding carboxylic acids is 2. The molecule has 3 atom stereocenters. The van der Waals surface area contributed by atoms with Crippen molar-refractivity contribution in [3.8, 4) is 11.1 Å². The molecule has 2 N–H and O–H groups in total. The number of alkyl carbamates (subject to hydrolysis) is 1. The Kier molecular flexibility index (Phi) is 5.50. The number of benzene rings is 2. The van der Waals surface area contributed by atoms with Crippen molar-refractivity contribution in [2.75, 3.05) is 19.7 Å². The third-order valence-electron chi connectivity index (χ3n) is 7.09. The van der Waals surface area contributed by atoms with Crippen LogP contribution >= 0.6 is 0 Å². The van der Waals surface area contributed by atoms with Gasteiger partial charge in [-0.05, 0) is 28.7 Å². The summed E-state index contributed by atoms with van der Waals surface area (Å²) in [6.45, 7) is -0.140. The first-order valence-electron chi connectivity index (χ1n) is 11.3. The number of ether oxygens (including phenoxy) is 1. The van der Waals surface area contributed by atoms with Crippen LogP contribution in [0.3, 0.4) is 0 Å². The number of hydrogen-bond acceptors (Lipinski definition) is 4. The number of nitrogens with one attached hydrogen (secondary N) is 1. The van der Waals surface area contributed by atoms with Gasteiger partial charge in [0.25, 0.3) is 5.92 Å². The van der Waals surface area contributed by atoms with E-state index in [9.17, 15) is 23.2 Å². The average molecular weight is 470 g/mol. The highest BCUT2D eigenvalue weighted by atomic mass is 19.3. The molecule has 2 aromatic rings. The van der Waals surface area contributed by atoms with Gasteiger partial charge in [-0.25, -0.2) is 13.6 Å². The molecule has 9 heteroatoms. The summed E-state index contributed by atoms with van der Waals surface area (Å²) in [6.07, 6.45) is -1.35. The number of carboxylic acid groups (broad SMARTS) is 1. The Bertz CT molecular complexity index is 1090. The van der Waals surface area contributed by atoms with E-state index < -0.39 is 41.8 Å². The van der Waals surface area contributed by atoms with Crippen molar-refractivity contribution in [3.63, 3.8) is 0 Å². The van der Waals surface area contributed by atoms with Crippen LogP contribution < -0.4 is 5.32 Å². The van der Waals surface area contributed by atoms with E-state index in [1.165, 1.54) is 4.90 Å². The van der Waals surface area contributed by atoms with E-state index in [4.69, 9.17) is 9.84 Å². The molecule has 2 fully saturated rings. The summed E-state index contributed by atoms with van der Waals surface area (Å²) in [4.78, 5) is 37.8. The van der Waals surface area contributed by atoms with Crippen molar-refractivity contribution in [2.24, 2.45) is 11.8 Å². The molecule has 178 valence electrons. The smallest absolute Gasteiger partial charge is 0.407 e. The third kappa shape index (κ3) is 3.89. The lowest BCUT2D eigenvalue weighted by Crippen LogP contribution is -2.49. The SMILES string of the molecule is O=C(O)CCC(NC(=O)OCC1c2ccccc2-c2ccccc21)C(=O)N1CC2C(C1)C2(F)F. The molecule has 2 amide bonds. The topological polar surface area (TPSA) is 95.9 Å². The molecule has 0 radical (unpaired) electrons. The number of alkyl halides is 2. The van der Waals surface area contributed by atoms with Crippen LogP contribution in [0.4, 0.5) is 13.6 Å². The molecule has 1 saturated carbocycles. The maximum atomic E-state index is 13.5. The zero-order valence-corrected chi connectivity index (χ0v) is 18.2. The van der Waals surface area contributed by atoms with E-state index in [0.717, 1.165) is 22.3 Å². The summed E-state index contributed by atoms with van der Waals surface area (Å²) in [6, 6.07) is 14.6. The summed E-state index contributed by atoms with van der Waals surface area (Å²) in [5.41, 5.74) is 4.22. The van der Waals surface area contributed by atoms with Crippen molar-refractivity contribution in [1.82, 2.24) is 10.2 Å². The van der Waals surface area contributed by atoms with Gasteiger partial charge in [0.1, 0.15) is 12.6 Å². The number of piperidine rings is 1. The Morgan fingerprint density at radius 3 is 2.15 bits per heavy atom. The summed E-state index contributed by atoms with van der Waals surface area (Å²) >= 11 is 0. The van der Waals surface area contributed by atoms with Gasteiger partial charge in [-0.1, -0.05) is 48.5 Å². The first kappa shape index (κ1) is 22.3. The van der Waals surface area contributed by atoms with E-state index >= 15 is 0 Å². The van der Waals surface area contributed by atoms with Gasteiger partial charge >= 0.3 is 12.1 Å². The lowest BCUT2D eigenvalue weighted by atomic mass is 9.98. The number of fused-ring (bicyclic) bond motifs is 4. The molecule has 5 rings (SSSR count). The molecule has 0 spiro atoms. The van der Waals surface area contributed by atoms with Gasteiger partial charge < -0.3 is 20.1 Å². The second kappa shape index (κ2) is 8.38. The quantitative estimate of drug-likeness (QED) is 0.646. The van der Waals surface area contributed by atoms with Crippen LogP contribution in [-0.2, 0) is 14.3 Å². The number of hydrogen-bond donors (Lipinski definition) is 2. The first-order valence-corrected chi connectivity index (χ1v) is 11.3. The number of rotatable bonds is 7. The highest BCUT2D eigenvalue weighted by molar-refractivity contribution is 5.87. The molecule has 2 aromatic carbocycles. The fraction of sp³-hybridized carbons (Fsp3) is 0.400. The Hall–Kier alpha value is -3.49. The van der Waals surface area contributed by atoms with Gasteiger partial charge in [-0.3, -0.25) is 9.59 Å². The molecule has 1 saturated heterocycles. The van der Waals surface area contributed by atoms with Crippen LogP contribution in [0.2, 0.25) is 0 Å². The predicted molar refractivity (Wildman–Crippen MR) is 117 cm³/mol. The molecular formula is C25H24F2N2O5. The molecule has 1 heterocycles. The van der Waals surface area contributed by atoms with Crippen molar-refractivity contribution in [3.05, 3.63) is 59.7 Å². The molecule has 2 aliphatic carbocycles. The predicted octanol–water partition coefficient (Wildman–Crippen LogP) is 3.48. The fourth-order valence-corrected chi connectivity index (χ4v) is 5.22. The van der Waals surface area contributed by atoms with Gasteiger partial charge in [-0.2, -0.15) is 0 Å². The zero-order valence-electron chi connectivity index (χ0n) is 18.2. The molecule has 0 bridgehead atoms. The molecule has 3 unspecified atom stereocenters. The minimum Gasteiger partial charge on any atom is -0.481 e. The minimum absolute atomic E-state index is 0.0415. The standard InChI is InChI=1S/C25H24F2N2O5/c26-25(27)19-11-29(12-20(19)25)23(32)21(9-10-22(30)31)28-24(33)34-13-18-16-7-3-1-5-14(16)15-6-2-4-8-17(15)18/h1-8,18-21H,9-13H2,(H,28,33)(H,30,31). The van der Waals surface area contributed by atoms with E-state index in [0.29, 0.717) is 0 Å². The molecule has 0 aromatic heterocycles. The van der Waals surface area contributed by atoms with Crippen molar-refractivity contribution in [1.29, 1.82) is 0 Å². The monoisotopic (exact) mass is 470 g/mol. The van der Waals surface area contributed by atoms with Crippen LogP contribution in [-0.4, -0.2) is 59.6 Å². The summed E-state index contributed by atoms with van der Waals surface area (Å²) in [5, 5.41) is 11.5. The number of likely N-dealkylation sites (tertiary alicyclic amines) is 1. The highest BCUT2D eigenvalue weighted by Gasteiger charge is 2.72. The molecule has 34 heavy (non-hydrogen) atoms. The summed E-state index contributed by atoms with van der Waals surface area (Å²) < 4.78 is 32.5. The number of carboxylic acids is 1. The maximum Gasteiger partial charge on any atom is 0.407 e. The molecule has 1 aliphatic heterocycles. The highest BCUT2D eigenvalue weighted by Crippen LogP contribution is 2.59. The Morgan fingerprint density at radius 1 is 1.03 bits per heavy atom. The first-order chi connectivity index (χ1) is 16.3. The molecule has 7 nitrogen and oxygen atoms in total. The van der Waals surface area contributed by atoms with Crippen molar-refractivity contribution < 1.29 is 33.0 Å². The number of halogens is 2. The summed E-state index contributed by atoms with van der Waals surface area (Å²) in [5.74, 6) is -6.30. The van der Waals surface area contributed by atoms with E-state index in [1.807, 2.05) is 48.5 Å². The number of nitrogens with zero attached hydrogens (tertiary/aromatic N) is 1. The van der Waals surface area contributed by atoms with Gasteiger partial charge in [0.2, 0.25) is 5.91 Å². The zero-order chi connectivity index (χ0) is 24.0. The minimum atomic E-state index is -2.74. The van der Waals surface area contributed by atoms with Crippen molar-refractivity contribution in [2.45, 2.75) is 30.7 Å². The van der Waals surface area contributed by atoms with Gasteiger partial charge in [-0.15, -0.1) is 0 Å². The van der Waals surface area contributed by atoms with E-state index in [1.54, 1.807) is 0 Å². The van der Waals surface area contributed by atoms with E-state index in [2.05, 4.69) is 5.32 Å². The third-order valence-corrected chi connectivity index (χ3v) is 7.09. The second-order valence-electron chi connectivity index (χ2n) is 9.09. The van der Waals surface area contributed by atoms with Crippen LogP contribution in [0.1, 0.15) is 29.9 Å². The van der Waals surface area contributed by atoms with Crippen LogP contribution in [0.25, 0.3) is 11.1 Å². The Morgan fingerprint density at radius 2 is 1.59 bits per heavy atom. The van der Waals surface area contributed by atoms with Gasteiger partial charge in [0, 0.05) is 25.4 Å². The number of amides is 2. The molecular weight excluding hydrogens is 446 g/mol.